The van der Waals surface area contributed by atoms with Crippen LogP contribution < -0.4 is 0 Å². The SMILES string of the molecule is CC.CCC(C)CC(C)OC.CCCCC(C)C.CO.OC(c1ccccc1)c1ccccc1. The average Bonchev–Trinajstić information content (AvgIpc) is 2.90. The van der Waals surface area contributed by atoms with Gasteiger partial charge in [0.15, 0.2) is 0 Å². The molecule has 2 aromatic rings. The molecule has 2 atom stereocenters. The zero-order valence-electron chi connectivity index (χ0n) is 23.9. The fourth-order valence-electron chi connectivity index (χ4n) is 2.91. The van der Waals surface area contributed by atoms with Gasteiger partial charge in [-0.3, -0.25) is 0 Å². The number of benzene rings is 2. The molecule has 0 aliphatic rings. The molecular formula is C31H56O3. The maximum atomic E-state index is 9.99. The predicted octanol–water partition coefficient (Wildman–Crippen LogP) is 8.69. The molecule has 198 valence electrons. The summed E-state index contributed by atoms with van der Waals surface area (Å²) < 4.78 is 5.12. The van der Waals surface area contributed by atoms with Crippen LogP contribution in [0.25, 0.3) is 0 Å². The average molecular weight is 477 g/mol. The first-order chi connectivity index (χ1) is 16.3. The first-order valence-corrected chi connectivity index (χ1v) is 13.1. The summed E-state index contributed by atoms with van der Waals surface area (Å²) in [7, 11) is 2.77. The molecule has 0 bridgehead atoms. The molecule has 0 saturated carbocycles. The van der Waals surface area contributed by atoms with Crippen LogP contribution in [-0.2, 0) is 4.74 Å². The Morgan fingerprint density at radius 1 is 0.765 bits per heavy atom. The molecule has 3 nitrogen and oxygen atoms in total. The second kappa shape index (κ2) is 27.6. The van der Waals surface area contributed by atoms with Crippen LogP contribution in [0.15, 0.2) is 60.7 Å². The van der Waals surface area contributed by atoms with Crippen molar-refractivity contribution in [1.29, 1.82) is 0 Å². The maximum Gasteiger partial charge on any atom is 0.104 e. The van der Waals surface area contributed by atoms with Crippen LogP contribution in [0.3, 0.4) is 0 Å². The van der Waals surface area contributed by atoms with Crippen molar-refractivity contribution >= 4 is 0 Å². The summed E-state index contributed by atoms with van der Waals surface area (Å²) >= 11 is 0. The van der Waals surface area contributed by atoms with Gasteiger partial charge in [-0.25, -0.2) is 0 Å². The van der Waals surface area contributed by atoms with Crippen LogP contribution in [0.2, 0.25) is 0 Å². The Kier molecular flexibility index (Phi) is 29.9. The van der Waals surface area contributed by atoms with E-state index in [2.05, 4.69) is 41.5 Å². The molecule has 34 heavy (non-hydrogen) atoms. The zero-order chi connectivity index (χ0) is 26.8. The fraction of sp³-hybridized carbons (Fsp3) is 0.613. The molecule has 0 aliphatic carbocycles. The Balaban J connectivity index is -0.000000420. The fourth-order valence-corrected chi connectivity index (χ4v) is 2.91. The molecule has 0 amide bonds. The molecule has 3 heteroatoms. The van der Waals surface area contributed by atoms with E-state index in [0.717, 1.165) is 30.1 Å². The highest BCUT2D eigenvalue weighted by Crippen LogP contribution is 2.20. The van der Waals surface area contributed by atoms with Crippen molar-refractivity contribution in [3.05, 3.63) is 71.8 Å². The molecule has 0 radical (unpaired) electrons. The van der Waals surface area contributed by atoms with Gasteiger partial charge in [-0.15, -0.1) is 0 Å². The van der Waals surface area contributed by atoms with Crippen molar-refractivity contribution < 1.29 is 14.9 Å². The Labute approximate surface area is 212 Å². The highest BCUT2D eigenvalue weighted by Gasteiger charge is 2.08. The van der Waals surface area contributed by atoms with Gasteiger partial charge >= 0.3 is 0 Å². The molecule has 0 spiro atoms. The van der Waals surface area contributed by atoms with E-state index in [4.69, 9.17) is 9.84 Å². The van der Waals surface area contributed by atoms with Crippen molar-refractivity contribution in [2.75, 3.05) is 14.2 Å². The minimum Gasteiger partial charge on any atom is -0.400 e. The largest absolute Gasteiger partial charge is 0.400 e. The summed E-state index contributed by atoms with van der Waals surface area (Å²) in [5, 5.41) is 17.0. The lowest BCUT2D eigenvalue weighted by Crippen LogP contribution is -2.09. The monoisotopic (exact) mass is 476 g/mol. The van der Waals surface area contributed by atoms with Gasteiger partial charge in [0, 0.05) is 14.2 Å². The van der Waals surface area contributed by atoms with Gasteiger partial charge in [-0.05, 0) is 36.3 Å². The van der Waals surface area contributed by atoms with E-state index in [1.54, 1.807) is 7.11 Å². The van der Waals surface area contributed by atoms with E-state index in [1.807, 2.05) is 74.5 Å². The van der Waals surface area contributed by atoms with Gasteiger partial charge in [0.05, 0.1) is 6.10 Å². The van der Waals surface area contributed by atoms with Crippen LogP contribution in [-0.4, -0.2) is 30.5 Å². The summed E-state index contributed by atoms with van der Waals surface area (Å²) in [4.78, 5) is 0. The Bertz CT molecular complexity index is 551. The third kappa shape index (κ3) is 22.1. The number of hydrogen-bond donors (Lipinski definition) is 2. The Morgan fingerprint density at radius 2 is 1.18 bits per heavy atom. The number of hydrogen-bond acceptors (Lipinski definition) is 3. The summed E-state index contributed by atoms with van der Waals surface area (Å²) in [6.07, 6.45) is 6.50. The van der Waals surface area contributed by atoms with Gasteiger partial charge in [0.2, 0.25) is 0 Å². The summed E-state index contributed by atoms with van der Waals surface area (Å²) in [6.45, 7) is 17.4. The van der Waals surface area contributed by atoms with Crippen LogP contribution in [0.5, 0.6) is 0 Å². The molecular weight excluding hydrogens is 420 g/mol. The first-order valence-electron chi connectivity index (χ1n) is 13.1. The third-order valence-electron chi connectivity index (χ3n) is 5.20. The number of unbranched alkanes of at least 4 members (excludes halogenated alkanes) is 1. The lowest BCUT2D eigenvalue weighted by molar-refractivity contribution is 0.0968. The van der Waals surface area contributed by atoms with E-state index in [-0.39, 0.29) is 0 Å². The van der Waals surface area contributed by atoms with E-state index in [0.29, 0.717) is 6.10 Å². The Hall–Kier alpha value is -1.68. The normalized spacial score (nSPS) is 11.4. The van der Waals surface area contributed by atoms with Crippen molar-refractivity contribution in [2.24, 2.45) is 11.8 Å². The summed E-state index contributed by atoms with van der Waals surface area (Å²) in [5.74, 6) is 1.71. The molecule has 2 unspecified atom stereocenters. The number of rotatable bonds is 9. The number of aliphatic hydroxyl groups is 2. The first kappa shape index (κ1) is 36.9. The van der Waals surface area contributed by atoms with E-state index in [1.165, 1.54) is 32.1 Å². The molecule has 2 N–H and O–H groups in total. The van der Waals surface area contributed by atoms with Crippen molar-refractivity contribution in [2.45, 2.75) is 99.7 Å². The minimum absolute atomic E-state index is 0.431. The molecule has 0 aliphatic heterocycles. The van der Waals surface area contributed by atoms with Crippen LogP contribution in [0.4, 0.5) is 0 Å². The maximum absolute atomic E-state index is 9.99. The predicted molar refractivity (Wildman–Crippen MR) is 151 cm³/mol. The van der Waals surface area contributed by atoms with E-state index in [9.17, 15) is 5.11 Å². The summed E-state index contributed by atoms with van der Waals surface area (Å²) in [5.41, 5.74) is 1.86. The molecule has 2 aromatic carbocycles. The van der Waals surface area contributed by atoms with E-state index >= 15 is 0 Å². The minimum atomic E-state index is -0.516. The standard InChI is InChI=1S/C13H12O.C8H18O.C7H16.C2H6.CH4O/c14-13(11-7-3-1-4-8-11)12-9-5-2-6-10-12;1-5-7(2)6-8(3)9-4;1-4-5-6-7(2)3;2*1-2/h1-10,13-14H;7-8H,5-6H2,1-4H3;7H,4-6H2,1-3H3;1-2H3;2H,1H3. The van der Waals surface area contributed by atoms with Crippen molar-refractivity contribution in [3.63, 3.8) is 0 Å². The molecule has 0 fully saturated rings. The third-order valence-corrected chi connectivity index (χ3v) is 5.20. The van der Waals surface area contributed by atoms with Gasteiger partial charge in [-0.1, -0.05) is 135 Å². The number of ether oxygens (including phenoxy) is 1. The van der Waals surface area contributed by atoms with E-state index < -0.39 is 6.10 Å². The number of aliphatic hydroxyl groups excluding tert-OH is 2. The highest BCUT2D eigenvalue weighted by molar-refractivity contribution is 5.29. The molecule has 0 heterocycles. The smallest absolute Gasteiger partial charge is 0.104 e. The van der Waals surface area contributed by atoms with Crippen LogP contribution >= 0.6 is 0 Å². The lowest BCUT2D eigenvalue weighted by atomic mass is 10.0. The van der Waals surface area contributed by atoms with Crippen molar-refractivity contribution in [1.82, 2.24) is 0 Å². The molecule has 0 saturated heterocycles. The van der Waals surface area contributed by atoms with Crippen LogP contribution in [0, 0.1) is 11.8 Å². The summed E-state index contributed by atoms with van der Waals surface area (Å²) in [6, 6.07) is 19.3. The molecule has 0 aromatic heterocycles. The number of methoxy groups -OCH3 is 1. The Morgan fingerprint density at radius 3 is 1.44 bits per heavy atom. The zero-order valence-corrected chi connectivity index (χ0v) is 23.9. The second-order valence-corrected chi connectivity index (χ2v) is 8.56. The quantitative estimate of drug-likeness (QED) is 0.380. The van der Waals surface area contributed by atoms with Gasteiger partial charge in [0.25, 0.3) is 0 Å². The van der Waals surface area contributed by atoms with Gasteiger partial charge in [-0.2, -0.15) is 0 Å². The van der Waals surface area contributed by atoms with Gasteiger partial charge < -0.3 is 14.9 Å². The lowest BCUT2D eigenvalue weighted by Gasteiger charge is -2.13. The van der Waals surface area contributed by atoms with Crippen LogP contribution in [0.1, 0.15) is 105 Å². The molecule has 2 rings (SSSR count). The van der Waals surface area contributed by atoms with Crippen molar-refractivity contribution in [3.8, 4) is 0 Å². The second-order valence-electron chi connectivity index (χ2n) is 8.56. The highest BCUT2D eigenvalue weighted by atomic mass is 16.5. The topological polar surface area (TPSA) is 49.7 Å². The van der Waals surface area contributed by atoms with Gasteiger partial charge in [0.1, 0.15) is 6.10 Å².